The molecule has 0 fully saturated rings. The van der Waals surface area contributed by atoms with Crippen molar-refractivity contribution in [2.24, 2.45) is 0 Å². The molecule has 0 aliphatic carbocycles. The highest BCUT2D eigenvalue weighted by atomic mass is 32.1. The predicted molar refractivity (Wildman–Crippen MR) is 116 cm³/mol. The van der Waals surface area contributed by atoms with Crippen molar-refractivity contribution in [1.29, 1.82) is 0 Å². The second-order valence-corrected chi connectivity index (χ2v) is 7.45. The van der Waals surface area contributed by atoms with Gasteiger partial charge in [-0.05, 0) is 24.3 Å². The molecule has 0 unspecified atom stereocenters. The summed E-state index contributed by atoms with van der Waals surface area (Å²) in [5.74, 6) is -0.880. The molecule has 0 atom stereocenters. The lowest BCUT2D eigenvalue weighted by molar-refractivity contribution is -0.0526. The standard InChI is InChI=1S/C21H17F2N5O4S/c1-30-16-6-12(7-17(31-2)19(16)32-20(22)23)18(29)13-4-3-11(14-8-33-21(24)27-14)5-15(13)28-10-25-9-26-28/h3-10,20H,1-2H3,(H2,24,27). The third kappa shape index (κ3) is 4.46. The monoisotopic (exact) mass is 473 g/mol. The van der Waals surface area contributed by atoms with Gasteiger partial charge >= 0.3 is 6.61 Å². The van der Waals surface area contributed by atoms with Crippen molar-refractivity contribution in [2.75, 3.05) is 20.0 Å². The minimum atomic E-state index is -3.10. The molecule has 0 bridgehead atoms. The molecule has 0 radical (unpaired) electrons. The van der Waals surface area contributed by atoms with Crippen molar-refractivity contribution < 1.29 is 27.8 Å². The van der Waals surface area contributed by atoms with Gasteiger partial charge in [-0.3, -0.25) is 4.79 Å². The van der Waals surface area contributed by atoms with Gasteiger partial charge in [0.1, 0.15) is 12.7 Å². The summed E-state index contributed by atoms with van der Waals surface area (Å²) in [7, 11) is 2.55. The zero-order valence-electron chi connectivity index (χ0n) is 17.4. The molecule has 0 amide bonds. The Morgan fingerprint density at radius 1 is 1.15 bits per heavy atom. The van der Waals surface area contributed by atoms with Crippen LogP contribution in [-0.4, -0.2) is 46.4 Å². The van der Waals surface area contributed by atoms with Crippen LogP contribution in [0.5, 0.6) is 17.2 Å². The molecule has 2 N–H and O–H groups in total. The first-order chi connectivity index (χ1) is 15.9. The van der Waals surface area contributed by atoms with E-state index in [0.717, 1.165) is 5.56 Å². The Hall–Kier alpha value is -4.06. The highest BCUT2D eigenvalue weighted by Gasteiger charge is 2.23. The molecular formula is C21H17F2N5O4S. The number of ketones is 1. The Kier molecular flexibility index (Phi) is 6.18. The van der Waals surface area contributed by atoms with E-state index in [-0.39, 0.29) is 28.4 Å². The van der Waals surface area contributed by atoms with Crippen LogP contribution in [0.2, 0.25) is 0 Å². The van der Waals surface area contributed by atoms with Gasteiger partial charge < -0.3 is 19.9 Å². The fraction of sp³-hybridized carbons (Fsp3) is 0.143. The fourth-order valence-electron chi connectivity index (χ4n) is 3.20. The van der Waals surface area contributed by atoms with E-state index in [1.807, 2.05) is 0 Å². The average Bonchev–Trinajstić information content (AvgIpc) is 3.50. The Morgan fingerprint density at radius 2 is 1.88 bits per heavy atom. The smallest absolute Gasteiger partial charge is 0.387 e. The zero-order valence-corrected chi connectivity index (χ0v) is 18.2. The molecule has 0 spiro atoms. The van der Waals surface area contributed by atoms with Crippen LogP contribution in [0, 0.1) is 0 Å². The van der Waals surface area contributed by atoms with E-state index in [1.54, 1.807) is 23.6 Å². The lowest BCUT2D eigenvalue weighted by atomic mass is 9.98. The predicted octanol–water partition coefficient (Wildman–Crippen LogP) is 3.82. The molecule has 0 saturated carbocycles. The van der Waals surface area contributed by atoms with Crippen molar-refractivity contribution in [3.05, 3.63) is 59.5 Å². The summed E-state index contributed by atoms with van der Waals surface area (Å²) >= 11 is 1.30. The highest BCUT2D eigenvalue weighted by molar-refractivity contribution is 7.13. The molecule has 9 nitrogen and oxygen atoms in total. The van der Waals surface area contributed by atoms with Crippen LogP contribution < -0.4 is 19.9 Å². The number of nitrogens with two attached hydrogens (primary N) is 1. The largest absolute Gasteiger partial charge is 0.493 e. The van der Waals surface area contributed by atoms with Crippen LogP contribution in [0.3, 0.4) is 0 Å². The molecule has 4 aromatic rings. The van der Waals surface area contributed by atoms with Gasteiger partial charge in [0, 0.05) is 22.1 Å². The normalized spacial score (nSPS) is 10.9. The molecule has 2 aromatic carbocycles. The molecule has 4 rings (SSSR count). The quantitative estimate of drug-likeness (QED) is 0.384. The maximum absolute atomic E-state index is 13.5. The maximum atomic E-state index is 13.5. The van der Waals surface area contributed by atoms with Crippen LogP contribution in [0.1, 0.15) is 15.9 Å². The molecule has 33 heavy (non-hydrogen) atoms. The molecule has 170 valence electrons. The highest BCUT2D eigenvalue weighted by Crippen LogP contribution is 2.40. The molecule has 0 aliphatic rings. The number of carbonyl (C=O) groups is 1. The Morgan fingerprint density at radius 3 is 2.42 bits per heavy atom. The first-order valence-electron chi connectivity index (χ1n) is 9.37. The minimum absolute atomic E-state index is 0.0742. The number of alkyl halides is 2. The number of hydrogen-bond donors (Lipinski definition) is 1. The number of methoxy groups -OCH3 is 2. The van der Waals surface area contributed by atoms with Gasteiger partial charge in [0.2, 0.25) is 5.75 Å². The van der Waals surface area contributed by atoms with E-state index in [9.17, 15) is 13.6 Å². The molecule has 0 aliphatic heterocycles. The number of aromatic nitrogens is 4. The first kappa shape index (κ1) is 22.1. The average molecular weight is 473 g/mol. The lowest BCUT2D eigenvalue weighted by Gasteiger charge is -2.16. The minimum Gasteiger partial charge on any atom is -0.493 e. The molecular weight excluding hydrogens is 456 g/mol. The number of halogens is 2. The number of thiazole rings is 1. The SMILES string of the molecule is COc1cc(C(=O)c2ccc(-c3csc(N)n3)cc2-n2cncn2)cc(OC)c1OC(F)F. The van der Waals surface area contributed by atoms with Gasteiger partial charge in [0.25, 0.3) is 0 Å². The van der Waals surface area contributed by atoms with E-state index < -0.39 is 12.4 Å². The van der Waals surface area contributed by atoms with Crippen molar-refractivity contribution in [3.8, 4) is 34.2 Å². The van der Waals surface area contributed by atoms with Crippen LogP contribution in [-0.2, 0) is 0 Å². The zero-order chi connectivity index (χ0) is 23.5. The van der Waals surface area contributed by atoms with Crippen LogP contribution in [0.15, 0.2) is 48.4 Å². The van der Waals surface area contributed by atoms with Gasteiger partial charge in [-0.1, -0.05) is 6.07 Å². The Labute approximate surface area is 190 Å². The van der Waals surface area contributed by atoms with E-state index in [2.05, 4.69) is 19.8 Å². The van der Waals surface area contributed by atoms with Gasteiger partial charge in [0.15, 0.2) is 22.4 Å². The fourth-order valence-corrected chi connectivity index (χ4v) is 3.77. The Balaban J connectivity index is 1.82. The third-order valence-electron chi connectivity index (χ3n) is 4.66. The number of nitrogens with zero attached hydrogens (tertiary/aromatic N) is 4. The van der Waals surface area contributed by atoms with E-state index >= 15 is 0 Å². The molecule has 2 aromatic heterocycles. The first-order valence-corrected chi connectivity index (χ1v) is 10.2. The van der Waals surface area contributed by atoms with Crippen molar-refractivity contribution in [2.45, 2.75) is 6.61 Å². The summed E-state index contributed by atoms with van der Waals surface area (Å²) in [6, 6.07) is 7.70. The summed E-state index contributed by atoms with van der Waals surface area (Å²) in [5, 5.41) is 6.35. The summed E-state index contributed by atoms with van der Waals surface area (Å²) in [5.41, 5.74) is 7.97. The van der Waals surface area contributed by atoms with Crippen molar-refractivity contribution in [3.63, 3.8) is 0 Å². The second-order valence-electron chi connectivity index (χ2n) is 6.56. The van der Waals surface area contributed by atoms with Gasteiger partial charge in [0.05, 0.1) is 25.6 Å². The number of rotatable bonds is 8. The number of hydrogen-bond acceptors (Lipinski definition) is 9. The second kappa shape index (κ2) is 9.20. The topological polar surface area (TPSA) is 114 Å². The van der Waals surface area contributed by atoms with E-state index in [4.69, 9.17) is 15.2 Å². The van der Waals surface area contributed by atoms with Crippen molar-refractivity contribution >= 4 is 22.3 Å². The van der Waals surface area contributed by atoms with Crippen LogP contribution in [0.4, 0.5) is 13.9 Å². The molecule has 0 saturated heterocycles. The number of anilines is 1. The van der Waals surface area contributed by atoms with Crippen molar-refractivity contribution in [1.82, 2.24) is 19.7 Å². The van der Waals surface area contributed by atoms with Gasteiger partial charge in [-0.2, -0.15) is 13.9 Å². The number of carbonyl (C=O) groups excluding carboxylic acids is 1. The number of nitrogen functional groups attached to an aromatic ring is 1. The summed E-state index contributed by atoms with van der Waals surface area (Å²) in [6.45, 7) is -3.10. The lowest BCUT2D eigenvalue weighted by Crippen LogP contribution is -2.10. The molecule has 12 heteroatoms. The summed E-state index contributed by atoms with van der Waals surface area (Å²) in [6.07, 6.45) is 2.79. The van der Waals surface area contributed by atoms with Gasteiger partial charge in [-0.15, -0.1) is 11.3 Å². The maximum Gasteiger partial charge on any atom is 0.387 e. The summed E-state index contributed by atoms with van der Waals surface area (Å²) < 4.78 is 42.0. The molecule has 2 heterocycles. The van der Waals surface area contributed by atoms with Crippen LogP contribution >= 0.6 is 11.3 Å². The number of benzene rings is 2. The van der Waals surface area contributed by atoms with E-state index in [0.29, 0.717) is 16.5 Å². The van der Waals surface area contributed by atoms with E-state index in [1.165, 1.54) is 55.0 Å². The van der Waals surface area contributed by atoms with Gasteiger partial charge in [-0.25, -0.2) is 14.6 Å². The third-order valence-corrected chi connectivity index (χ3v) is 5.33. The van der Waals surface area contributed by atoms with Crippen LogP contribution in [0.25, 0.3) is 16.9 Å². The number of ether oxygens (including phenoxy) is 3. The Bertz CT molecular complexity index is 1270. The summed E-state index contributed by atoms with van der Waals surface area (Å²) in [4.78, 5) is 21.7.